The van der Waals surface area contributed by atoms with Gasteiger partial charge in [0.2, 0.25) is 5.91 Å². The van der Waals surface area contributed by atoms with Crippen molar-refractivity contribution in [2.24, 2.45) is 0 Å². The largest absolute Gasteiger partial charge is 0.394 e. The van der Waals surface area contributed by atoms with Gasteiger partial charge in [-0.25, -0.2) is 0 Å². The molecule has 2 aliphatic heterocycles. The van der Waals surface area contributed by atoms with Gasteiger partial charge in [-0.3, -0.25) is 4.79 Å². The lowest BCUT2D eigenvalue weighted by Gasteiger charge is -2.46. The summed E-state index contributed by atoms with van der Waals surface area (Å²) in [6.07, 6.45) is 56.9. The summed E-state index contributed by atoms with van der Waals surface area (Å²) >= 11 is 0. The summed E-state index contributed by atoms with van der Waals surface area (Å²) in [4.78, 5) is 13.3. The van der Waals surface area contributed by atoms with Crippen molar-refractivity contribution in [3.8, 4) is 0 Å². The van der Waals surface area contributed by atoms with Gasteiger partial charge in [0.05, 0.1) is 32.0 Å². The van der Waals surface area contributed by atoms with Crippen LogP contribution < -0.4 is 5.32 Å². The van der Waals surface area contributed by atoms with E-state index in [1.165, 1.54) is 180 Å². The summed E-state index contributed by atoms with van der Waals surface area (Å²) in [6, 6.07) is -0.939. The maximum Gasteiger partial charge on any atom is 0.220 e. The number of hydrogen-bond acceptors (Lipinski definition) is 13. The van der Waals surface area contributed by atoms with Gasteiger partial charge in [-0.1, -0.05) is 254 Å². The molecule has 14 heteroatoms. The molecule has 12 atom stereocenters. The van der Waals surface area contributed by atoms with Crippen LogP contribution in [0.5, 0.6) is 0 Å². The van der Waals surface area contributed by atoms with Crippen LogP contribution in [-0.2, 0) is 23.7 Å². The van der Waals surface area contributed by atoms with Crippen molar-refractivity contribution in [2.45, 2.75) is 344 Å². The zero-order valence-corrected chi connectivity index (χ0v) is 52.9. The van der Waals surface area contributed by atoms with Crippen LogP contribution >= 0.6 is 0 Å². The standard InChI is InChI=1S/C70H125NO13/c1-3-5-7-9-11-13-15-17-19-20-21-22-23-24-25-26-27-28-29-30-31-32-33-34-35-36-37-38-40-42-44-46-48-50-52-54-62(75)71-58(59(74)53-51-49-47-45-43-41-39-18-16-14-12-10-8-6-4-2)57-81-69-67(80)65(78)68(61(56-73)83-69)84-70-66(79)64(77)63(76)60(55-72)82-70/h15-18,20-21,23-24,43,45,51,53,58-61,63-70,72-74,76-80H,3-14,19,22,25-42,44,46-50,52,54-57H2,1-2H3,(H,71,75)/b17-15-,18-16+,21-20-,24-23-,45-43+,53-51+. The lowest BCUT2D eigenvalue weighted by atomic mass is 9.97. The first-order valence-corrected chi connectivity index (χ1v) is 34.2. The van der Waals surface area contributed by atoms with Crippen LogP contribution in [0.25, 0.3) is 0 Å². The van der Waals surface area contributed by atoms with Crippen molar-refractivity contribution in [3.63, 3.8) is 0 Å². The number of allylic oxidation sites excluding steroid dienone is 11. The van der Waals surface area contributed by atoms with Crippen LogP contribution in [0.4, 0.5) is 0 Å². The highest BCUT2D eigenvalue weighted by atomic mass is 16.7. The molecule has 0 bridgehead atoms. The van der Waals surface area contributed by atoms with Gasteiger partial charge in [0, 0.05) is 6.42 Å². The Morgan fingerprint density at radius 1 is 0.429 bits per heavy atom. The molecule has 2 saturated heterocycles. The minimum absolute atomic E-state index is 0.252. The van der Waals surface area contributed by atoms with Crippen LogP contribution in [0.2, 0.25) is 0 Å². The molecule has 0 saturated carbocycles. The zero-order chi connectivity index (χ0) is 60.9. The van der Waals surface area contributed by atoms with Gasteiger partial charge in [-0.2, -0.15) is 0 Å². The molecule has 0 radical (unpaired) electrons. The van der Waals surface area contributed by atoms with Crippen molar-refractivity contribution in [3.05, 3.63) is 72.9 Å². The van der Waals surface area contributed by atoms with E-state index in [2.05, 4.69) is 79.9 Å². The van der Waals surface area contributed by atoms with E-state index in [9.17, 15) is 45.6 Å². The van der Waals surface area contributed by atoms with E-state index in [1.807, 2.05) is 6.08 Å². The number of aliphatic hydroxyl groups excluding tert-OH is 8. The van der Waals surface area contributed by atoms with Gasteiger partial charge < -0.3 is 65.1 Å². The summed E-state index contributed by atoms with van der Waals surface area (Å²) in [5.41, 5.74) is 0. The second kappa shape index (κ2) is 54.6. The highest BCUT2D eigenvalue weighted by Crippen LogP contribution is 2.30. The monoisotopic (exact) mass is 1190 g/mol. The molecule has 12 unspecified atom stereocenters. The Kier molecular flexibility index (Phi) is 50.4. The SMILES string of the molecule is CCCCCCC/C=C\C/C=C\C/C=C\CCCCCCCCCCCCCCCCCCCCCCC(=O)NC(COC1OC(CO)C(OC2OC(CO)C(O)C(O)C2O)C(O)C1O)C(O)/C=C/CC/C=C/CC/C=C/CCCCCCC. The van der Waals surface area contributed by atoms with E-state index in [-0.39, 0.29) is 18.9 Å². The minimum atomic E-state index is -1.79. The number of nitrogens with one attached hydrogen (secondary N) is 1. The fourth-order valence-electron chi connectivity index (χ4n) is 10.9. The second-order valence-corrected chi connectivity index (χ2v) is 23.9. The third kappa shape index (κ3) is 38.7. The van der Waals surface area contributed by atoms with Crippen LogP contribution in [0.1, 0.15) is 271 Å². The van der Waals surface area contributed by atoms with Crippen LogP contribution in [0.15, 0.2) is 72.9 Å². The average molecular weight is 1190 g/mol. The summed E-state index contributed by atoms with van der Waals surface area (Å²) in [6.45, 7) is 2.75. The Morgan fingerprint density at radius 3 is 1.25 bits per heavy atom. The molecular formula is C70H125NO13. The lowest BCUT2D eigenvalue weighted by Crippen LogP contribution is -2.65. The maximum atomic E-state index is 13.3. The topological polar surface area (TPSA) is 228 Å². The third-order valence-electron chi connectivity index (χ3n) is 16.3. The molecule has 0 aliphatic carbocycles. The van der Waals surface area contributed by atoms with E-state index in [1.54, 1.807) is 6.08 Å². The number of ether oxygens (including phenoxy) is 4. The van der Waals surface area contributed by atoms with Crippen LogP contribution in [0.3, 0.4) is 0 Å². The Labute approximate surface area is 510 Å². The number of aliphatic hydroxyl groups is 8. The van der Waals surface area contributed by atoms with Gasteiger partial charge >= 0.3 is 0 Å². The highest BCUT2D eigenvalue weighted by Gasteiger charge is 2.51. The summed E-state index contributed by atoms with van der Waals surface area (Å²) in [5, 5.41) is 87.2. The summed E-state index contributed by atoms with van der Waals surface area (Å²) in [5.74, 6) is -0.252. The summed E-state index contributed by atoms with van der Waals surface area (Å²) < 4.78 is 22.8. The molecule has 2 fully saturated rings. The normalized spacial score (nSPS) is 24.1. The van der Waals surface area contributed by atoms with Gasteiger partial charge in [0.25, 0.3) is 0 Å². The molecule has 0 aromatic heterocycles. The zero-order valence-electron chi connectivity index (χ0n) is 52.9. The maximum absolute atomic E-state index is 13.3. The van der Waals surface area contributed by atoms with Crippen LogP contribution in [0, 0.1) is 0 Å². The van der Waals surface area contributed by atoms with Gasteiger partial charge in [-0.05, 0) is 83.5 Å². The predicted molar refractivity (Wildman–Crippen MR) is 341 cm³/mol. The molecule has 2 aliphatic rings. The van der Waals surface area contributed by atoms with Gasteiger partial charge in [-0.15, -0.1) is 0 Å². The third-order valence-corrected chi connectivity index (χ3v) is 16.3. The van der Waals surface area contributed by atoms with Crippen molar-refractivity contribution in [1.82, 2.24) is 5.32 Å². The minimum Gasteiger partial charge on any atom is -0.394 e. The Bertz CT molecular complexity index is 1690. The van der Waals surface area contributed by atoms with Gasteiger partial charge in [0.15, 0.2) is 12.6 Å². The van der Waals surface area contributed by atoms with Gasteiger partial charge in [0.1, 0.15) is 48.8 Å². The molecule has 2 rings (SSSR count). The van der Waals surface area contributed by atoms with Crippen molar-refractivity contribution < 1.29 is 64.6 Å². The summed E-state index contributed by atoms with van der Waals surface area (Å²) in [7, 11) is 0. The number of hydrogen-bond donors (Lipinski definition) is 9. The molecule has 0 aromatic rings. The number of unbranched alkanes of at least 4 members (excludes halogenated alkanes) is 32. The number of rotatable bonds is 55. The number of amides is 1. The van der Waals surface area contributed by atoms with E-state index in [0.717, 1.165) is 57.8 Å². The number of carbonyl (C=O) groups is 1. The molecule has 0 aromatic carbocycles. The average Bonchev–Trinajstić information content (AvgIpc) is 3.23. The molecule has 9 N–H and O–H groups in total. The fraction of sp³-hybridized carbons (Fsp3) is 0.814. The van der Waals surface area contributed by atoms with E-state index >= 15 is 0 Å². The fourth-order valence-corrected chi connectivity index (χ4v) is 10.9. The lowest BCUT2D eigenvalue weighted by molar-refractivity contribution is -0.359. The Hall–Kier alpha value is -2.57. The molecule has 84 heavy (non-hydrogen) atoms. The second-order valence-electron chi connectivity index (χ2n) is 23.9. The predicted octanol–water partition coefficient (Wildman–Crippen LogP) is 13.5. The molecular weight excluding hydrogens is 1060 g/mol. The Balaban J connectivity index is 1.62. The Morgan fingerprint density at radius 2 is 0.798 bits per heavy atom. The van der Waals surface area contributed by atoms with Crippen LogP contribution in [-0.4, -0.2) is 140 Å². The molecule has 14 nitrogen and oxygen atoms in total. The number of carbonyl (C=O) groups excluding carboxylic acids is 1. The van der Waals surface area contributed by atoms with Crippen molar-refractivity contribution in [1.29, 1.82) is 0 Å². The molecule has 0 spiro atoms. The first kappa shape index (κ1) is 77.5. The molecule has 488 valence electrons. The van der Waals surface area contributed by atoms with E-state index in [0.29, 0.717) is 12.8 Å². The van der Waals surface area contributed by atoms with Crippen molar-refractivity contribution >= 4 is 5.91 Å². The van der Waals surface area contributed by atoms with E-state index in [4.69, 9.17) is 18.9 Å². The van der Waals surface area contributed by atoms with Crippen molar-refractivity contribution in [2.75, 3.05) is 19.8 Å². The smallest absolute Gasteiger partial charge is 0.220 e. The highest BCUT2D eigenvalue weighted by molar-refractivity contribution is 5.76. The first-order valence-electron chi connectivity index (χ1n) is 34.2. The molecule has 2 heterocycles. The quantitative estimate of drug-likeness (QED) is 0.0204. The van der Waals surface area contributed by atoms with E-state index < -0.39 is 86.8 Å². The first-order chi connectivity index (χ1) is 41.1. The molecule has 1 amide bonds.